The van der Waals surface area contributed by atoms with Crippen LogP contribution in [0.15, 0.2) is 48.8 Å². The summed E-state index contributed by atoms with van der Waals surface area (Å²) in [5.41, 5.74) is 3.30. The van der Waals surface area contributed by atoms with Crippen molar-refractivity contribution in [1.29, 1.82) is 5.26 Å². The molecule has 0 aliphatic carbocycles. The third-order valence-corrected chi connectivity index (χ3v) is 2.74. The number of aromatic nitrogens is 1. The summed E-state index contributed by atoms with van der Waals surface area (Å²) in [4.78, 5) is 4.03. The molecular weight excluding hydrogens is 222 g/mol. The zero-order chi connectivity index (χ0) is 12.8. The van der Waals surface area contributed by atoms with Gasteiger partial charge in [0.05, 0.1) is 6.07 Å². The topological polar surface area (TPSA) is 48.7 Å². The van der Waals surface area contributed by atoms with Crippen molar-refractivity contribution in [2.75, 3.05) is 0 Å². The van der Waals surface area contributed by atoms with Crippen LogP contribution in [0.4, 0.5) is 0 Å². The molecular formula is C15H15N3. The Hall–Kier alpha value is -2.18. The van der Waals surface area contributed by atoms with Crippen molar-refractivity contribution in [1.82, 2.24) is 10.3 Å². The Balaban J connectivity index is 2.03. The monoisotopic (exact) mass is 237 g/mol. The second-order valence-electron chi connectivity index (χ2n) is 4.22. The van der Waals surface area contributed by atoms with E-state index < -0.39 is 0 Å². The quantitative estimate of drug-likeness (QED) is 0.889. The first kappa shape index (κ1) is 12.3. The van der Waals surface area contributed by atoms with Crippen LogP contribution in [0.2, 0.25) is 0 Å². The minimum atomic E-state index is -0.320. The second-order valence-corrected chi connectivity index (χ2v) is 4.22. The van der Waals surface area contributed by atoms with Gasteiger partial charge in [-0.1, -0.05) is 35.9 Å². The molecule has 1 aromatic carbocycles. The van der Waals surface area contributed by atoms with Crippen molar-refractivity contribution in [3.8, 4) is 6.07 Å². The number of nitrogens with one attached hydrogen (secondary N) is 1. The number of nitrogens with zero attached hydrogens (tertiary/aromatic N) is 2. The van der Waals surface area contributed by atoms with Crippen LogP contribution in [0, 0.1) is 18.3 Å². The Morgan fingerprint density at radius 1 is 1.33 bits per heavy atom. The highest BCUT2D eigenvalue weighted by molar-refractivity contribution is 5.24. The summed E-state index contributed by atoms with van der Waals surface area (Å²) in [5.74, 6) is 0. The first-order chi connectivity index (χ1) is 8.79. The number of nitriles is 1. The maximum absolute atomic E-state index is 9.17. The van der Waals surface area contributed by atoms with Gasteiger partial charge < -0.3 is 0 Å². The number of pyridine rings is 1. The molecule has 1 heterocycles. The van der Waals surface area contributed by atoms with E-state index >= 15 is 0 Å². The van der Waals surface area contributed by atoms with Crippen LogP contribution in [0.25, 0.3) is 0 Å². The maximum atomic E-state index is 9.17. The largest absolute Gasteiger partial charge is 0.294 e. The summed E-state index contributed by atoms with van der Waals surface area (Å²) in [6, 6.07) is 13.9. The van der Waals surface area contributed by atoms with Crippen molar-refractivity contribution in [2.24, 2.45) is 0 Å². The predicted molar refractivity (Wildman–Crippen MR) is 70.6 cm³/mol. The van der Waals surface area contributed by atoms with Crippen LogP contribution >= 0.6 is 0 Å². The molecule has 3 heteroatoms. The minimum Gasteiger partial charge on any atom is -0.294 e. The lowest BCUT2D eigenvalue weighted by atomic mass is 10.1. The highest BCUT2D eigenvalue weighted by Gasteiger charge is 2.09. The molecule has 0 bridgehead atoms. The molecule has 2 aromatic rings. The highest BCUT2D eigenvalue weighted by Crippen LogP contribution is 2.11. The molecule has 18 heavy (non-hydrogen) atoms. The molecule has 0 amide bonds. The van der Waals surface area contributed by atoms with Crippen LogP contribution < -0.4 is 5.32 Å². The van der Waals surface area contributed by atoms with E-state index in [2.05, 4.69) is 41.5 Å². The Morgan fingerprint density at radius 2 is 2.22 bits per heavy atom. The van der Waals surface area contributed by atoms with Crippen molar-refractivity contribution in [2.45, 2.75) is 19.5 Å². The first-order valence-electron chi connectivity index (χ1n) is 5.88. The molecule has 0 saturated heterocycles. The Bertz CT molecular complexity index is 543. The first-order valence-corrected chi connectivity index (χ1v) is 5.88. The van der Waals surface area contributed by atoms with Gasteiger partial charge in [0.1, 0.15) is 6.04 Å². The van der Waals surface area contributed by atoms with Gasteiger partial charge in [-0.3, -0.25) is 10.3 Å². The molecule has 0 radical (unpaired) electrons. The summed E-state index contributed by atoms with van der Waals surface area (Å²) in [7, 11) is 0. The van der Waals surface area contributed by atoms with Gasteiger partial charge in [0.15, 0.2) is 0 Å². The summed E-state index contributed by atoms with van der Waals surface area (Å²) in [6.45, 7) is 2.74. The second kappa shape index (κ2) is 5.95. The van der Waals surface area contributed by atoms with Gasteiger partial charge >= 0.3 is 0 Å². The summed E-state index contributed by atoms with van der Waals surface area (Å²) < 4.78 is 0. The van der Waals surface area contributed by atoms with E-state index in [0.29, 0.717) is 6.54 Å². The molecule has 2 rings (SSSR count). The Morgan fingerprint density at radius 3 is 2.89 bits per heavy atom. The number of aryl methyl sites for hydroxylation is 1. The van der Waals surface area contributed by atoms with Crippen molar-refractivity contribution in [3.63, 3.8) is 0 Å². The molecule has 0 aliphatic heterocycles. The van der Waals surface area contributed by atoms with Crippen LogP contribution in [-0.2, 0) is 6.54 Å². The van der Waals surface area contributed by atoms with Crippen LogP contribution in [0.1, 0.15) is 22.7 Å². The van der Waals surface area contributed by atoms with Crippen molar-refractivity contribution >= 4 is 0 Å². The minimum absolute atomic E-state index is 0.320. The molecule has 0 saturated carbocycles. The molecule has 0 aliphatic rings. The Kier molecular flexibility index (Phi) is 4.06. The van der Waals surface area contributed by atoms with E-state index in [1.54, 1.807) is 12.4 Å². The molecule has 3 nitrogen and oxygen atoms in total. The zero-order valence-electron chi connectivity index (χ0n) is 10.3. The molecule has 0 spiro atoms. The van der Waals surface area contributed by atoms with Gasteiger partial charge in [-0.05, 0) is 18.6 Å². The lowest BCUT2D eigenvalue weighted by molar-refractivity contribution is 0.628. The fraction of sp³-hybridized carbons (Fsp3) is 0.200. The summed E-state index contributed by atoms with van der Waals surface area (Å²) >= 11 is 0. The van der Waals surface area contributed by atoms with E-state index in [9.17, 15) is 5.26 Å². The lowest BCUT2D eigenvalue weighted by Gasteiger charge is -2.11. The molecule has 1 aromatic heterocycles. The standard InChI is InChI=1S/C15H15N3/c1-12-4-2-5-13(8-12)10-18-15(9-16)14-6-3-7-17-11-14/h2-8,11,15,18H,10H2,1H3. The van der Waals surface area contributed by atoms with Crippen LogP contribution in [0.3, 0.4) is 0 Å². The third kappa shape index (κ3) is 3.16. The van der Waals surface area contributed by atoms with E-state index in [-0.39, 0.29) is 6.04 Å². The molecule has 90 valence electrons. The lowest BCUT2D eigenvalue weighted by Crippen LogP contribution is -2.19. The van der Waals surface area contributed by atoms with Crippen molar-refractivity contribution in [3.05, 3.63) is 65.5 Å². The summed E-state index contributed by atoms with van der Waals surface area (Å²) in [6.07, 6.45) is 3.43. The molecule has 1 N–H and O–H groups in total. The van der Waals surface area contributed by atoms with Crippen LogP contribution in [-0.4, -0.2) is 4.98 Å². The molecule has 1 unspecified atom stereocenters. The average molecular weight is 237 g/mol. The van der Waals surface area contributed by atoms with E-state index in [1.807, 2.05) is 18.2 Å². The third-order valence-electron chi connectivity index (χ3n) is 2.74. The van der Waals surface area contributed by atoms with Gasteiger partial charge in [0.25, 0.3) is 0 Å². The van der Waals surface area contributed by atoms with Crippen LogP contribution in [0.5, 0.6) is 0 Å². The zero-order valence-corrected chi connectivity index (χ0v) is 10.3. The van der Waals surface area contributed by atoms with Gasteiger partial charge in [-0.2, -0.15) is 5.26 Å². The predicted octanol–water partition coefficient (Wildman–Crippen LogP) is 2.74. The van der Waals surface area contributed by atoms with E-state index in [4.69, 9.17) is 0 Å². The normalized spacial score (nSPS) is 11.8. The molecule has 0 fully saturated rings. The highest BCUT2D eigenvalue weighted by atomic mass is 14.9. The molecule has 1 atom stereocenters. The Labute approximate surface area is 107 Å². The number of hydrogen-bond acceptors (Lipinski definition) is 3. The van der Waals surface area contributed by atoms with Crippen molar-refractivity contribution < 1.29 is 0 Å². The fourth-order valence-corrected chi connectivity index (χ4v) is 1.83. The van der Waals surface area contributed by atoms with Gasteiger partial charge in [0, 0.05) is 24.5 Å². The van der Waals surface area contributed by atoms with Gasteiger partial charge in [-0.25, -0.2) is 0 Å². The fourth-order valence-electron chi connectivity index (χ4n) is 1.83. The van der Waals surface area contributed by atoms with E-state index in [1.165, 1.54) is 11.1 Å². The van der Waals surface area contributed by atoms with E-state index in [0.717, 1.165) is 5.56 Å². The number of benzene rings is 1. The average Bonchev–Trinajstić information content (AvgIpc) is 2.41. The van der Waals surface area contributed by atoms with Gasteiger partial charge in [-0.15, -0.1) is 0 Å². The maximum Gasteiger partial charge on any atom is 0.123 e. The van der Waals surface area contributed by atoms with Gasteiger partial charge in [0.2, 0.25) is 0 Å². The summed E-state index contributed by atoms with van der Waals surface area (Å²) in [5, 5.41) is 12.4. The smallest absolute Gasteiger partial charge is 0.123 e. The number of rotatable bonds is 4. The number of hydrogen-bond donors (Lipinski definition) is 1. The SMILES string of the molecule is Cc1cccc(CNC(C#N)c2cccnc2)c1.